The monoisotopic (exact) mass is 350 g/mol. The first-order valence-electron chi connectivity index (χ1n) is 3.43. The van der Waals surface area contributed by atoms with Gasteiger partial charge in [0, 0.05) is 0 Å². The molecule has 0 aliphatic heterocycles. The number of hydrogen-bond donors (Lipinski definition) is 0. The van der Waals surface area contributed by atoms with Crippen LogP contribution in [0.3, 0.4) is 0 Å². The van der Waals surface area contributed by atoms with Crippen molar-refractivity contribution in [3.63, 3.8) is 0 Å². The molecule has 2 rings (SSSR count). The molecule has 2 heteroatoms. The summed E-state index contributed by atoms with van der Waals surface area (Å²) in [5.41, 5.74) is 0. The second-order valence-electron chi connectivity index (χ2n) is 2.01. The Labute approximate surface area is 94.8 Å². The SMILES string of the molecule is Cl.[C-]1=CC=CC1.[C-]1=CC=CC1.[W+2]. The van der Waals surface area contributed by atoms with Gasteiger partial charge in [-0.15, -0.1) is 25.2 Å². The normalized spacial score (nSPS) is 14.7. The summed E-state index contributed by atoms with van der Waals surface area (Å²) in [6.07, 6.45) is 20.0. The van der Waals surface area contributed by atoms with Crippen LogP contribution in [0.15, 0.2) is 36.5 Å². The second kappa shape index (κ2) is 10.9. The second-order valence-corrected chi connectivity index (χ2v) is 2.01. The van der Waals surface area contributed by atoms with Crippen LogP contribution in [-0.4, -0.2) is 0 Å². The zero-order valence-corrected chi connectivity index (χ0v) is 10.4. The first-order valence-corrected chi connectivity index (χ1v) is 3.43. The molecule has 0 aromatic carbocycles. The summed E-state index contributed by atoms with van der Waals surface area (Å²) in [4.78, 5) is 0. The van der Waals surface area contributed by atoms with Crippen molar-refractivity contribution in [2.75, 3.05) is 0 Å². The molecule has 0 saturated carbocycles. The molecule has 0 N–H and O–H groups in total. The molecule has 0 amide bonds. The predicted octanol–water partition coefficient (Wildman–Crippen LogP) is 3.03. The van der Waals surface area contributed by atoms with Crippen LogP contribution >= 0.6 is 12.4 Å². The average molecular weight is 350 g/mol. The van der Waals surface area contributed by atoms with Gasteiger partial charge in [0.2, 0.25) is 0 Å². The van der Waals surface area contributed by atoms with E-state index in [9.17, 15) is 0 Å². The molecule has 12 heavy (non-hydrogen) atoms. The molecule has 0 spiro atoms. The summed E-state index contributed by atoms with van der Waals surface area (Å²) in [5.74, 6) is 0. The van der Waals surface area contributed by atoms with Crippen molar-refractivity contribution in [1.82, 2.24) is 0 Å². The van der Waals surface area contributed by atoms with E-state index in [1.165, 1.54) is 0 Å². The first-order chi connectivity index (χ1) is 5.00. The summed E-state index contributed by atoms with van der Waals surface area (Å²) >= 11 is 0. The van der Waals surface area contributed by atoms with Crippen LogP contribution < -0.4 is 0 Å². The van der Waals surface area contributed by atoms with Crippen LogP contribution in [0.1, 0.15) is 12.8 Å². The van der Waals surface area contributed by atoms with E-state index >= 15 is 0 Å². The molecule has 0 saturated heterocycles. The molecule has 0 atom stereocenters. The van der Waals surface area contributed by atoms with Gasteiger partial charge in [0.15, 0.2) is 0 Å². The molecular formula is C10H11ClW. The van der Waals surface area contributed by atoms with Gasteiger partial charge in [-0.3, -0.25) is 12.2 Å². The Hall–Kier alpha value is -0.0617. The topological polar surface area (TPSA) is 0 Å². The Morgan fingerprint density at radius 1 is 0.833 bits per heavy atom. The maximum absolute atomic E-state index is 2.99. The molecule has 2 aliphatic rings. The van der Waals surface area contributed by atoms with Gasteiger partial charge in [0.25, 0.3) is 0 Å². The van der Waals surface area contributed by atoms with E-state index in [0.717, 1.165) is 12.8 Å². The minimum Gasteiger partial charge on any atom is -0.273 e. The summed E-state index contributed by atoms with van der Waals surface area (Å²) in [6.45, 7) is 0. The largest absolute Gasteiger partial charge is 2.00 e. The molecule has 0 radical (unpaired) electrons. The summed E-state index contributed by atoms with van der Waals surface area (Å²) in [6, 6.07) is 0. The maximum atomic E-state index is 2.99. The maximum Gasteiger partial charge on any atom is 2.00 e. The van der Waals surface area contributed by atoms with Crippen LogP contribution in [0.25, 0.3) is 0 Å². The molecule has 64 valence electrons. The van der Waals surface area contributed by atoms with E-state index in [2.05, 4.69) is 24.3 Å². The van der Waals surface area contributed by atoms with Crippen molar-refractivity contribution in [2.45, 2.75) is 12.8 Å². The molecule has 0 aromatic heterocycles. The molecular weight excluding hydrogens is 339 g/mol. The molecule has 0 bridgehead atoms. The molecule has 0 fully saturated rings. The van der Waals surface area contributed by atoms with Gasteiger partial charge in [-0.2, -0.15) is 12.2 Å². The van der Waals surface area contributed by atoms with Crippen molar-refractivity contribution in [3.05, 3.63) is 48.6 Å². The van der Waals surface area contributed by atoms with Gasteiger partial charge in [0.1, 0.15) is 0 Å². The Balaban J connectivity index is 0. The fourth-order valence-corrected chi connectivity index (χ4v) is 0.680. The molecule has 2 aliphatic carbocycles. The summed E-state index contributed by atoms with van der Waals surface area (Å²) in [5, 5.41) is 0. The van der Waals surface area contributed by atoms with E-state index in [4.69, 9.17) is 0 Å². The van der Waals surface area contributed by atoms with Crippen molar-refractivity contribution >= 4 is 12.4 Å². The predicted molar refractivity (Wildman–Crippen MR) is 50.4 cm³/mol. The molecule has 0 heterocycles. The third kappa shape index (κ3) is 8.04. The average Bonchev–Trinajstić information content (AvgIpc) is 2.67. The fraction of sp³-hybridized carbons (Fsp3) is 0.200. The Bertz CT molecular complexity index is 148. The zero-order chi connectivity index (χ0) is 7.07. The van der Waals surface area contributed by atoms with E-state index in [0.29, 0.717) is 0 Å². The van der Waals surface area contributed by atoms with Gasteiger partial charge in [-0.1, -0.05) is 0 Å². The van der Waals surface area contributed by atoms with Gasteiger partial charge >= 0.3 is 21.1 Å². The van der Waals surface area contributed by atoms with Gasteiger partial charge in [0.05, 0.1) is 0 Å². The smallest absolute Gasteiger partial charge is 0.273 e. The van der Waals surface area contributed by atoms with Crippen LogP contribution in [0.2, 0.25) is 0 Å². The van der Waals surface area contributed by atoms with Crippen LogP contribution in [0.5, 0.6) is 0 Å². The van der Waals surface area contributed by atoms with Gasteiger partial charge in [-0.25, -0.2) is 24.3 Å². The summed E-state index contributed by atoms with van der Waals surface area (Å²) < 4.78 is 0. The van der Waals surface area contributed by atoms with E-state index in [1.54, 1.807) is 0 Å². The Kier molecular flexibility index (Phi) is 13.2. The molecule has 0 nitrogen and oxygen atoms in total. The fourth-order valence-electron chi connectivity index (χ4n) is 0.680. The standard InChI is InChI=1S/2C5H5.ClH.W/c2*1-2-4-5-3-1;;/h2*1-3H,4H2;1H;/q2*-1;;+2. The first kappa shape index (κ1) is 14.5. The van der Waals surface area contributed by atoms with Crippen molar-refractivity contribution < 1.29 is 21.1 Å². The zero-order valence-electron chi connectivity index (χ0n) is 6.69. The van der Waals surface area contributed by atoms with Crippen molar-refractivity contribution in [3.8, 4) is 0 Å². The summed E-state index contributed by atoms with van der Waals surface area (Å²) in [7, 11) is 0. The van der Waals surface area contributed by atoms with E-state index < -0.39 is 0 Å². The van der Waals surface area contributed by atoms with Crippen LogP contribution in [0.4, 0.5) is 0 Å². The Morgan fingerprint density at radius 3 is 1.33 bits per heavy atom. The number of hydrogen-bond acceptors (Lipinski definition) is 0. The molecule has 0 unspecified atom stereocenters. The number of rotatable bonds is 0. The van der Waals surface area contributed by atoms with E-state index in [-0.39, 0.29) is 33.5 Å². The van der Waals surface area contributed by atoms with Crippen LogP contribution in [0, 0.1) is 12.2 Å². The third-order valence-electron chi connectivity index (χ3n) is 1.17. The van der Waals surface area contributed by atoms with Crippen LogP contribution in [-0.2, 0) is 21.1 Å². The minimum atomic E-state index is 0. The number of halogens is 1. The number of allylic oxidation sites excluding steroid dienone is 8. The minimum absolute atomic E-state index is 0. The van der Waals surface area contributed by atoms with Crippen molar-refractivity contribution in [1.29, 1.82) is 0 Å². The van der Waals surface area contributed by atoms with E-state index in [1.807, 2.05) is 24.3 Å². The quantitative estimate of drug-likeness (QED) is 0.589. The Morgan fingerprint density at radius 2 is 1.25 bits per heavy atom. The van der Waals surface area contributed by atoms with Gasteiger partial charge in [-0.05, 0) is 0 Å². The van der Waals surface area contributed by atoms with Crippen molar-refractivity contribution in [2.24, 2.45) is 0 Å². The van der Waals surface area contributed by atoms with Gasteiger partial charge < -0.3 is 0 Å². The third-order valence-corrected chi connectivity index (χ3v) is 1.17. The molecule has 0 aromatic rings.